The maximum absolute atomic E-state index is 13.5. The number of nitrogens with one attached hydrogen (secondary N) is 2. The van der Waals surface area contributed by atoms with Crippen LogP contribution in [0, 0.1) is 5.82 Å². The van der Waals surface area contributed by atoms with Crippen LogP contribution in [0.1, 0.15) is 19.3 Å². The topological polar surface area (TPSA) is 58.2 Å². The van der Waals surface area contributed by atoms with E-state index < -0.39 is 15.8 Å². The summed E-state index contributed by atoms with van der Waals surface area (Å²) in [4.78, 5) is 0. The van der Waals surface area contributed by atoms with E-state index in [1.165, 1.54) is 25.0 Å². The second-order valence-electron chi connectivity index (χ2n) is 4.60. The van der Waals surface area contributed by atoms with Gasteiger partial charge in [0.15, 0.2) is 0 Å². The molecule has 0 atom stereocenters. The van der Waals surface area contributed by atoms with E-state index in [9.17, 15) is 12.8 Å². The third-order valence-corrected chi connectivity index (χ3v) is 4.82. The molecule has 0 saturated heterocycles. The van der Waals surface area contributed by atoms with Crippen LogP contribution in [0.4, 0.5) is 10.1 Å². The minimum Gasteiger partial charge on any atom is -0.314 e. The Bertz CT molecular complexity index is 526. The van der Waals surface area contributed by atoms with Gasteiger partial charge in [-0.25, -0.2) is 12.8 Å². The predicted octanol–water partition coefficient (Wildman–Crippen LogP) is 2.47. The van der Waals surface area contributed by atoms with Crippen LogP contribution in [-0.4, -0.2) is 26.8 Å². The Kier molecular flexibility index (Phi) is 4.81. The number of hydrogen-bond donors (Lipinski definition) is 2. The zero-order chi connectivity index (χ0) is 13.9. The SMILES string of the molecule is O=S(=O)(CCCNC1CC1)Nc1c(F)cccc1Br. The monoisotopic (exact) mass is 350 g/mol. The van der Waals surface area contributed by atoms with E-state index in [1.807, 2.05) is 0 Å². The molecule has 1 aliphatic rings. The van der Waals surface area contributed by atoms with E-state index >= 15 is 0 Å². The van der Waals surface area contributed by atoms with Crippen LogP contribution >= 0.6 is 15.9 Å². The van der Waals surface area contributed by atoms with Gasteiger partial charge in [0.25, 0.3) is 0 Å². The first-order valence-electron chi connectivity index (χ1n) is 6.16. The Hall–Kier alpha value is -0.660. The molecule has 7 heteroatoms. The average molecular weight is 351 g/mol. The molecular weight excluding hydrogens is 335 g/mol. The molecule has 1 aromatic rings. The second-order valence-corrected chi connectivity index (χ2v) is 7.30. The van der Waals surface area contributed by atoms with Gasteiger partial charge < -0.3 is 5.32 Å². The third-order valence-electron chi connectivity index (χ3n) is 2.82. The maximum atomic E-state index is 13.5. The summed E-state index contributed by atoms with van der Waals surface area (Å²) < 4.78 is 39.9. The van der Waals surface area contributed by atoms with E-state index in [0.717, 1.165) is 0 Å². The van der Waals surface area contributed by atoms with Gasteiger partial charge in [-0.05, 0) is 53.9 Å². The summed E-state index contributed by atoms with van der Waals surface area (Å²) >= 11 is 3.13. The second kappa shape index (κ2) is 6.19. The first-order valence-corrected chi connectivity index (χ1v) is 8.60. The van der Waals surface area contributed by atoms with Crippen molar-refractivity contribution in [2.24, 2.45) is 0 Å². The Balaban J connectivity index is 1.88. The van der Waals surface area contributed by atoms with E-state index in [1.54, 1.807) is 6.07 Å². The van der Waals surface area contributed by atoms with Gasteiger partial charge in [-0.2, -0.15) is 0 Å². The number of rotatable bonds is 7. The summed E-state index contributed by atoms with van der Waals surface area (Å²) in [5.41, 5.74) is -0.0300. The van der Waals surface area contributed by atoms with Crippen molar-refractivity contribution in [2.75, 3.05) is 17.0 Å². The van der Waals surface area contributed by atoms with E-state index in [2.05, 4.69) is 26.0 Å². The summed E-state index contributed by atoms with van der Waals surface area (Å²) in [7, 11) is -3.52. The highest BCUT2D eigenvalue weighted by molar-refractivity contribution is 9.10. The molecule has 0 spiro atoms. The van der Waals surface area contributed by atoms with Crippen molar-refractivity contribution in [3.8, 4) is 0 Å². The number of anilines is 1. The molecule has 19 heavy (non-hydrogen) atoms. The first kappa shape index (κ1) is 14.7. The van der Waals surface area contributed by atoms with Crippen LogP contribution in [0.15, 0.2) is 22.7 Å². The molecule has 0 bridgehead atoms. The lowest BCUT2D eigenvalue weighted by Crippen LogP contribution is -2.23. The Labute approximate surface area is 121 Å². The molecule has 2 N–H and O–H groups in total. The molecule has 0 unspecified atom stereocenters. The van der Waals surface area contributed by atoms with Crippen molar-refractivity contribution >= 4 is 31.6 Å². The molecular formula is C12H16BrFN2O2S. The van der Waals surface area contributed by atoms with Gasteiger partial charge in [0.2, 0.25) is 10.0 Å². The highest BCUT2D eigenvalue weighted by Crippen LogP contribution is 2.26. The lowest BCUT2D eigenvalue weighted by atomic mass is 10.3. The van der Waals surface area contributed by atoms with Gasteiger partial charge in [-0.15, -0.1) is 0 Å². The first-order chi connectivity index (χ1) is 8.98. The minimum absolute atomic E-state index is 0.0203. The summed E-state index contributed by atoms with van der Waals surface area (Å²) in [6, 6.07) is 4.89. The fourth-order valence-electron chi connectivity index (χ4n) is 1.66. The average Bonchev–Trinajstić information content (AvgIpc) is 3.14. The van der Waals surface area contributed by atoms with Gasteiger partial charge in [0, 0.05) is 10.5 Å². The van der Waals surface area contributed by atoms with E-state index in [-0.39, 0.29) is 11.4 Å². The zero-order valence-corrected chi connectivity index (χ0v) is 12.7. The predicted molar refractivity (Wildman–Crippen MR) is 77.2 cm³/mol. The fraction of sp³-hybridized carbons (Fsp3) is 0.500. The summed E-state index contributed by atoms with van der Waals surface area (Å²) in [5.74, 6) is -0.609. The van der Waals surface area contributed by atoms with Crippen LogP contribution in [0.5, 0.6) is 0 Å². The fourth-order valence-corrected chi connectivity index (χ4v) is 3.37. The lowest BCUT2D eigenvalue weighted by Gasteiger charge is -2.10. The van der Waals surface area contributed by atoms with Crippen molar-refractivity contribution in [2.45, 2.75) is 25.3 Å². The largest absolute Gasteiger partial charge is 0.314 e. The van der Waals surface area contributed by atoms with Gasteiger partial charge >= 0.3 is 0 Å². The highest BCUT2D eigenvalue weighted by atomic mass is 79.9. The molecule has 0 heterocycles. The number of sulfonamides is 1. The van der Waals surface area contributed by atoms with E-state index in [4.69, 9.17) is 0 Å². The number of hydrogen-bond acceptors (Lipinski definition) is 3. The van der Waals surface area contributed by atoms with Crippen LogP contribution in [0.2, 0.25) is 0 Å². The lowest BCUT2D eigenvalue weighted by molar-refractivity contribution is 0.591. The van der Waals surface area contributed by atoms with Gasteiger partial charge in [-0.3, -0.25) is 4.72 Å². The van der Waals surface area contributed by atoms with E-state index in [0.29, 0.717) is 23.5 Å². The summed E-state index contributed by atoms with van der Waals surface area (Å²) in [5, 5.41) is 3.24. The van der Waals surface area contributed by atoms with Crippen molar-refractivity contribution in [1.29, 1.82) is 0 Å². The quantitative estimate of drug-likeness (QED) is 0.742. The molecule has 1 aliphatic carbocycles. The smallest absolute Gasteiger partial charge is 0.232 e. The van der Waals surface area contributed by atoms with Gasteiger partial charge in [0.1, 0.15) is 5.82 Å². The Morgan fingerprint density at radius 1 is 1.37 bits per heavy atom. The summed E-state index contributed by atoms with van der Waals surface area (Å²) in [6.45, 7) is 0.671. The molecule has 1 fully saturated rings. The molecule has 0 amide bonds. The van der Waals surface area contributed by atoms with Crippen molar-refractivity contribution in [3.63, 3.8) is 0 Å². The van der Waals surface area contributed by atoms with Gasteiger partial charge in [0.05, 0.1) is 11.4 Å². The maximum Gasteiger partial charge on any atom is 0.232 e. The highest BCUT2D eigenvalue weighted by Gasteiger charge is 2.20. The standard InChI is InChI=1S/C12H16BrFN2O2S/c13-10-3-1-4-11(14)12(10)16-19(17,18)8-2-7-15-9-5-6-9/h1,3-4,9,15-16H,2,5-8H2. The van der Waals surface area contributed by atoms with Crippen LogP contribution in [0.3, 0.4) is 0 Å². The molecule has 1 saturated carbocycles. The molecule has 106 valence electrons. The molecule has 0 aromatic heterocycles. The molecule has 4 nitrogen and oxygen atoms in total. The van der Waals surface area contributed by atoms with Crippen LogP contribution < -0.4 is 10.0 Å². The third kappa shape index (κ3) is 4.74. The Morgan fingerprint density at radius 3 is 2.74 bits per heavy atom. The number of benzene rings is 1. The van der Waals surface area contributed by atoms with Crippen LogP contribution in [-0.2, 0) is 10.0 Å². The van der Waals surface area contributed by atoms with Gasteiger partial charge in [-0.1, -0.05) is 6.07 Å². The number of para-hydroxylation sites is 1. The van der Waals surface area contributed by atoms with Crippen molar-refractivity contribution < 1.29 is 12.8 Å². The van der Waals surface area contributed by atoms with Crippen LogP contribution in [0.25, 0.3) is 0 Å². The Morgan fingerprint density at radius 2 is 2.11 bits per heavy atom. The molecule has 0 aliphatic heterocycles. The minimum atomic E-state index is -3.52. The molecule has 2 rings (SSSR count). The molecule has 0 radical (unpaired) electrons. The van der Waals surface area contributed by atoms with Crippen molar-refractivity contribution in [3.05, 3.63) is 28.5 Å². The zero-order valence-electron chi connectivity index (χ0n) is 10.3. The number of halogens is 2. The summed E-state index contributed by atoms with van der Waals surface area (Å²) in [6.07, 6.45) is 2.86. The van der Waals surface area contributed by atoms with Crippen molar-refractivity contribution in [1.82, 2.24) is 5.32 Å². The molecule has 1 aromatic carbocycles. The normalized spacial score (nSPS) is 15.5.